The van der Waals surface area contributed by atoms with E-state index in [1.807, 2.05) is 31.2 Å². The Morgan fingerprint density at radius 1 is 1.26 bits per heavy atom. The van der Waals surface area contributed by atoms with E-state index in [2.05, 4.69) is 48.4 Å². The van der Waals surface area contributed by atoms with Gasteiger partial charge in [0.25, 0.3) is 0 Å². The summed E-state index contributed by atoms with van der Waals surface area (Å²) in [4.78, 5) is 26.4. The molecule has 9 heteroatoms. The lowest BCUT2D eigenvalue weighted by Crippen LogP contribution is -2.44. The monoisotopic (exact) mass is 468 g/mol. The Morgan fingerprint density at radius 2 is 2.03 bits per heavy atom. The summed E-state index contributed by atoms with van der Waals surface area (Å²) in [7, 11) is 4.14. The summed E-state index contributed by atoms with van der Waals surface area (Å²) in [6, 6.07) is 7.64. The maximum atomic E-state index is 11.8. The maximum Gasteiger partial charge on any atom is 0.319 e. The van der Waals surface area contributed by atoms with Crippen LogP contribution in [0, 0.1) is 0 Å². The van der Waals surface area contributed by atoms with Crippen molar-refractivity contribution in [2.75, 3.05) is 57.2 Å². The van der Waals surface area contributed by atoms with E-state index < -0.39 is 5.60 Å². The zero-order valence-corrected chi connectivity index (χ0v) is 20.9. The molecule has 1 aromatic carbocycles. The van der Waals surface area contributed by atoms with E-state index in [4.69, 9.17) is 19.4 Å². The van der Waals surface area contributed by atoms with Gasteiger partial charge < -0.3 is 29.9 Å². The number of hydrogen-bond acceptors (Lipinski definition) is 7. The topological polar surface area (TPSA) is 91.9 Å². The van der Waals surface area contributed by atoms with Crippen molar-refractivity contribution < 1.29 is 14.3 Å². The lowest BCUT2D eigenvalue weighted by molar-refractivity contribution is -0.0353. The van der Waals surface area contributed by atoms with Gasteiger partial charge in [-0.15, -0.1) is 0 Å². The molecule has 9 nitrogen and oxygen atoms in total. The van der Waals surface area contributed by atoms with Gasteiger partial charge in [0.2, 0.25) is 0 Å². The summed E-state index contributed by atoms with van der Waals surface area (Å²) in [5.74, 6) is 1.60. The van der Waals surface area contributed by atoms with Gasteiger partial charge in [0.15, 0.2) is 5.82 Å². The Hall–Kier alpha value is -2.75. The van der Waals surface area contributed by atoms with Gasteiger partial charge in [0, 0.05) is 36.4 Å². The van der Waals surface area contributed by atoms with Gasteiger partial charge in [0.1, 0.15) is 11.4 Å². The van der Waals surface area contributed by atoms with Crippen LogP contribution in [0.2, 0.25) is 0 Å². The molecule has 2 amide bonds. The summed E-state index contributed by atoms with van der Waals surface area (Å²) in [6.45, 7) is 10.3. The smallest absolute Gasteiger partial charge is 0.319 e. The van der Waals surface area contributed by atoms with Crippen molar-refractivity contribution in [1.29, 1.82) is 0 Å². The van der Waals surface area contributed by atoms with Crippen LogP contribution in [-0.2, 0) is 21.7 Å². The van der Waals surface area contributed by atoms with E-state index in [0.717, 1.165) is 47.8 Å². The number of hydrogen-bond donors (Lipinski definition) is 2. The summed E-state index contributed by atoms with van der Waals surface area (Å²) >= 11 is 0. The zero-order valence-electron chi connectivity index (χ0n) is 20.9. The van der Waals surface area contributed by atoms with E-state index in [9.17, 15) is 4.79 Å². The lowest BCUT2D eigenvalue weighted by Gasteiger charge is -2.35. The first-order valence-electron chi connectivity index (χ1n) is 12.0. The number of amides is 2. The molecule has 2 unspecified atom stereocenters. The minimum absolute atomic E-state index is 0.220. The number of urea groups is 1. The van der Waals surface area contributed by atoms with Gasteiger partial charge in [-0.25, -0.2) is 14.8 Å². The summed E-state index contributed by atoms with van der Waals surface area (Å²) < 4.78 is 12.0. The largest absolute Gasteiger partial charge is 0.377 e. The molecule has 1 saturated heterocycles. The molecule has 1 aromatic heterocycles. The second kappa shape index (κ2) is 10.2. The van der Waals surface area contributed by atoms with E-state index in [1.165, 1.54) is 0 Å². The van der Waals surface area contributed by atoms with Gasteiger partial charge in [-0.3, -0.25) is 0 Å². The average molecular weight is 469 g/mol. The van der Waals surface area contributed by atoms with Crippen LogP contribution in [0.25, 0.3) is 11.4 Å². The highest BCUT2D eigenvalue weighted by atomic mass is 16.5. The minimum Gasteiger partial charge on any atom is -0.377 e. The number of rotatable bonds is 7. The molecule has 2 aromatic rings. The maximum absolute atomic E-state index is 11.8. The number of carbonyl (C=O) groups is 1. The second-order valence-corrected chi connectivity index (χ2v) is 9.45. The standard InChI is InChI=1S/C25H36N6O3/c1-6-26-24(32)27-19-9-7-18(8-10-19)22-28-21-20(16-34-25(21,3)11-12-30(4)5)23(29-22)31-13-14-33-15-17(31)2/h7-10,17H,6,11-16H2,1-5H3,(H2,26,27,32). The molecular formula is C25H36N6O3. The highest BCUT2D eigenvalue weighted by Crippen LogP contribution is 2.42. The fraction of sp³-hybridized carbons (Fsp3) is 0.560. The van der Waals surface area contributed by atoms with Crippen molar-refractivity contribution in [3.8, 4) is 11.4 Å². The van der Waals surface area contributed by atoms with Crippen LogP contribution in [0.1, 0.15) is 38.4 Å². The van der Waals surface area contributed by atoms with Gasteiger partial charge in [0.05, 0.1) is 31.6 Å². The number of fused-ring (bicyclic) bond motifs is 1. The van der Waals surface area contributed by atoms with Crippen LogP contribution in [0.15, 0.2) is 24.3 Å². The molecule has 4 rings (SSSR count). The van der Waals surface area contributed by atoms with Crippen LogP contribution in [0.3, 0.4) is 0 Å². The van der Waals surface area contributed by atoms with Crippen LogP contribution in [0.4, 0.5) is 16.3 Å². The Bertz CT molecular complexity index is 1010. The quantitative estimate of drug-likeness (QED) is 0.645. The predicted octanol–water partition coefficient (Wildman–Crippen LogP) is 3.21. The number of aromatic nitrogens is 2. The first-order chi connectivity index (χ1) is 16.3. The molecule has 0 aliphatic carbocycles. The number of nitrogens with one attached hydrogen (secondary N) is 2. The van der Waals surface area contributed by atoms with Crippen molar-refractivity contribution in [3.63, 3.8) is 0 Å². The van der Waals surface area contributed by atoms with E-state index in [1.54, 1.807) is 0 Å². The molecule has 0 bridgehead atoms. The molecular weight excluding hydrogens is 432 g/mol. The third-order valence-electron chi connectivity index (χ3n) is 6.44. The van der Waals surface area contributed by atoms with Crippen LogP contribution >= 0.6 is 0 Å². The first-order valence-corrected chi connectivity index (χ1v) is 12.0. The third-order valence-corrected chi connectivity index (χ3v) is 6.44. The van der Waals surface area contributed by atoms with Crippen molar-refractivity contribution >= 4 is 17.5 Å². The van der Waals surface area contributed by atoms with E-state index >= 15 is 0 Å². The fourth-order valence-electron chi connectivity index (χ4n) is 4.42. The van der Waals surface area contributed by atoms with Crippen LogP contribution < -0.4 is 15.5 Å². The van der Waals surface area contributed by atoms with Crippen molar-refractivity contribution in [2.45, 2.75) is 45.4 Å². The fourth-order valence-corrected chi connectivity index (χ4v) is 4.42. The highest BCUT2D eigenvalue weighted by molar-refractivity contribution is 5.89. The Labute approximate surface area is 201 Å². The van der Waals surface area contributed by atoms with Crippen molar-refractivity contribution in [3.05, 3.63) is 35.5 Å². The lowest BCUT2D eigenvalue weighted by atomic mass is 9.95. The normalized spacial score (nSPS) is 22.1. The molecule has 1 fully saturated rings. The molecule has 2 N–H and O–H groups in total. The molecule has 3 heterocycles. The molecule has 2 aliphatic heterocycles. The average Bonchev–Trinajstić information content (AvgIpc) is 3.15. The third kappa shape index (κ3) is 5.16. The Morgan fingerprint density at radius 3 is 2.71 bits per heavy atom. The molecule has 0 spiro atoms. The van der Waals surface area contributed by atoms with Crippen LogP contribution in [0.5, 0.6) is 0 Å². The van der Waals surface area contributed by atoms with Gasteiger partial charge in [-0.05, 0) is 65.6 Å². The summed E-state index contributed by atoms with van der Waals surface area (Å²) in [6.07, 6.45) is 0.844. The minimum atomic E-state index is -0.471. The zero-order chi connectivity index (χ0) is 24.3. The molecule has 34 heavy (non-hydrogen) atoms. The van der Waals surface area contributed by atoms with Gasteiger partial charge >= 0.3 is 6.03 Å². The second-order valence-electron chi connectivity index (χ2n) is 9.45. The van der Waals surface area contributed by atoms with Gasteiger partial charge in [-0.1, -0.05) is 0 Å². The summed E-state index contributed by atoms with van der Waals surface area (Å²) in [5, 5.41) is 5.57. The molecule has 0 radical (unpaired) electrons. The number of anilines is 2. The number of morpholine rings is 1. The number of nitrogens with zero attached hydrogens (tertiary/aromatic N) is 4. The SMILES string of the molecule is CCNC(=O)Nc1ccc(-c2nc(N3CCOCC3C)c3c(n2)C(C)(CCN(C)C)OC3)cc1. The molecule has 0 saturated carbocycles. The van der Waals surface area contributed by atoms with Crippen molar-refractivity contribution in [1.82, 2.24) is 20.2 Å². The van der Waals surface area contributed by atoms with Crippen LogP contribution in [-0.4, -0.2) is 73.9 Å². The Kier molecular flexibility index (Phi) is 7.35. The van der Waals surface area contributed by atoms with Gasteiger partial charge in [-0.2, -0.15) is 0 Å². The predicted molar refractivity (Wildman–Crippen MR) is 133 cm³/mol. The van der Waals surface area contributed by atoms with E-state index in [0.29, 0.717) is 32.2 Å². The highest BCUT2D eigenvalue weighted by Gasteiger charge is 2.41. The summed E-state index contributed by atoms with van der Waals surface area (Å²) in [5.41, 5.74) is 3.19. The molecule has 2 atom stereocenters. The number of ether oxygens (including phenoxy) is 2. The van der Waals surface area contributed by atoms with Crippen molar-refractivity contribution in [2.24, 2.45) is 0 Å². The molecule has 184 valence electrons. The molecule has 2 aliphatic rings. The number of carbonyl (C=O) groups excluding carboxylic acids is 1. The van der Waals surface area contributed by atoms with E-state index in [-0.39, 0.29) is 12.1 Å². The number of benzene rings is 1. The first kappa shape index (κ1) is 24.4. The Balaban J connectivity index is 1.72.